The van der Waals surface area contributed by atoms with Crippen molar-refractivity contribution in [2.45, 2.75) is 36.9 Å². The van der Waals surface area contributed by atoms with Crippen molar-refractivity contribution in [2.75, 3.05) is 5.75 Å². The first-order chi connectivity index (χ1) is 7.75. The van der Waals surface area contributed by atoms with Crippen LogP contribution in [0.2, 0.25) is 0 Å². The van der Waals surface area contributed by atoms with Gasteiger partial charge in [-0.3, -0.25) is 4.79 Å². The van der Waals surface area contributed by atoms with Gasteiger partial charge in [0.1, 0.15) is 10.9 Å². The first-order valence-corrected chi connectivity index (χ1v) is 7.46. The van der Waals surface area contributed by atoms with Crippen LogP contribution in [0, 0.1) is 0 Å². The summed E-state index contributed by atoms with van der Waals surface area (Å²) in [6.07, 6.45) is 4.11. The lowest BCUT2D eigenvalue weighted by atomic mass is 10.1. The largest absolute Gasteiger partial charge is 0.481 e. The van der Waals surface area contributed by atoms with Gasteiger partial charge < -0.3 is 5.11 Å². The minimum absolute atomic E-state index is 0.341. The van der Waals surface area contributed by atoms with Crippen molar-refractivity contribution < 1.29 is 9.90 Å². The van der Waals surface area contributed by atoms with Crippen molar-refractivity contribution in [2.24, 2.45) is 0 Å². The fraction of sp³-hybridized carbons (Fsp3) is 0.636. The molecule has 1 saturated heterocycles. The van der Waals surface area contributed by atoms with E-state index in [4.69, 9.17) is 5.11 Å². The number of hydrogen-bond acceptors (Lipinski definition) is 4. The molecule has 1 aromatic rings. The average Bonchev–Trinajstić information content (AvgIpc) is 2.92. The summed E-state index contributed by atoms with van der Waals surface area (Å²) in [5.41, 5.74) is 0.861. The standard InChI is InChI=1S/C11H13NO2S2/c13-11(14)6-3-4-7-9(6)12-10(16-7)8-2-1-5-15-8/h6,8H,1-5H2,(H,13,14). The van der Waals surface area contributed by atoms with E-state index in [1.54, 1.807) is 11.3 Å². The highest BCUT2D eigenvalue weighted by atomic mass is 32.2. The van der Waals surface area contributed by atoms with Gasteiger partial charge in [-0.1, -0.05) is 0 Å². The second kappa shape index (κ2) is 4.04. The summed E-state index contributed by atoms with van der Waals surface area (Å²) in [7, 11) is 0. The van der Waals surface area contributed by atoms with Gasteiger partial charge in [0, 0.05) is 4.88 Å². The van der Waals surface area contributed by atoms with Gasteiger partial charge in [-0.25, -0.2) is 4.98 Å². The van der Waals surface area contributed by atoms with Crippen LogP contribution >= 0.6 is 23.1 Å². The number of rotatable bonds is 2. The summed E-state index contributed by atoms with van der Waals surface area (Å²) in [6.45, 7) is 0. The van der Waals surface area contributed by atoms with Crippen LogP contribution in [0.15, 0.2) is 0 Å². The number of carboxylic acids is 1. The van der Waals surface area contributed by atoms with E-state index in [0.717, 1.165) is 18.5 Å². The molecule has 2 atom stereocenters. The lowest BCUT2D eigenvalue weighted by Crippen LogP contribution is -2.08. The van der Waals surface area contributed by atoms with Crippen LogP contribution < -0.4 is 0 Å². The third-order valence-electron chi connectivity index (χ3n) is 3.24. The maximum Gasteiger partial charge on any atom is 0.312 e. The average molecular weight is 255 g/mol. The van der Waals surface area contributed by atoms with E-state index in [9.17, 15) is 4.79 Å². The van der Waals surface area contributed by atoms with E-state index < -0.39 is 5.97 Å². The Morgan fingerprint density at radius 2 is 2.31 bits per heavy atom. The topological polar surface area (TPSA) is 50.2 Å². The Hall–Kier alpha value is -0.550. The third kappa shape index (κ3) is 1.66. The third-order valence-corrected chi connectivity index (χ3v) is 6.02. The van der Waals surface area contributed by atoms with E-state index in [0.29, 0.717) is 5.25 Å². The second-order valence-corrected chi connectivity index (χ2v) is 6.72. The van der Waals surface area contributed by atoms with Crippen LogP contribution in [0.5, 0.6) is 0 Å². The van der Waals surface area contributed by atoms with Gasteiger partial charge in [0.2, 0.25) is 0 Å². The molecular weight excluding hydrogens is 242 g/mol. The fourth-order valence-electron chi connectivity index (χ4n) is 2.40. The number of thiazole rings is 1. The number of aromatic nitrogens is 1. The van der Waals surface area contributed by atoms with Gasteiger partial charge in [0.25, 0.3) is 0 Å². The number of aryl methyl sites for hydroxylation is 1. The Balaban J connectivity index is 1.89. The molecule has 0 aromatic carbocycles. The van der Waals surface area contributed by atoms with Crippen molar-refractivity contribution in [1.82, 2.24) is 4.98 Å². The van der Waals surface area contributed by atoms with E-state index in [-0.39, 0.29) is 5.92 Å². The van der Waals surface area contributed by atoms with Crippen LogP contribution in [0.25, 0.3) is 0 Å². The van der Waals surface area contributed by atoms with Gasteiger partial charge >= 0.3 is 5.97 Å². The lowest BCUT2D eigenvalue weighted by molar-refractivity contribution is -0.138. The van der Waals surface area contributed by atoms with Gasteiger partial charge in [-0.2, -0.15) is 11.8 Å². The van der Waals surface area contributed by atoms with Crippen LogP contribution in [0.1, 0.15) is 46.0 Å². The molecule has 1 fully saturated rings. The molecule has 0 amide bonds. The number of carboxylic acid groups (broad SMARTS) is 1. The minimum atomic E-state index is -0.713. The van der Waals surface area contributed by atoms with Gasteiger partial charge in [0.05, 0.1) is 10.9 Å². The Morgan fingerprint density at radius 1 is 1.44 bits per heavy atom. The lowest BCUT2D eigenvalue weighted by Gasteiger charge is -2.04. The summed E-state index contributed by atoms with van der Waals surface area (Å²) in [5.74, 6) is 0.165. The fourth-order valence-corrected chi connectivity index (χ4v) is 5.05. The molecule has 0 radical (unpaired) electrons. The number of aliphatic carboxylic acids is 1. The Bertz CT molecular complexity index is 424. The molecule has 3 rings (SSSR count). The summed E-state index contributed by atoms with van der Waals surface area (Å²) in [6, 6.07) is 0. The number of carbonyl (C=O) groups is 1. The molecule has 1 aliphatic heterocycles. The molecule has 2 aliphatic rings. The quantitative estimate of drug-likeness (QED) is 0.883. The van der Waals surface area contributed by atoms with Gasteiger partial charge in [-0.15, -0.1) is 11.3 Å². The molecule has 16 heavy (non-hydrogen) atoms. The first kappa shape index (κ1) is 10.6. The molecule has 3 nitrogen and oxygen atoms in total. The molecule has 0 saturated carbocycles. The highest BCUT2D eigenvalue weighted by molar-refractivity contribution is 7.99. The number of thioether (sulfide) groups is 1. The highest BCUT2D eigenvalue weighted by Crippen LogP contribution is 2.45. The maximum absolute atomic E-state index is 11.1. The van der Waals surface area contributed by atoms with Gasteiger partial charge in [0.15, 0.2) is 0 Å². The molecule has 1 aliphatic carbocycles. The molecule has 2 heterocycles. The van der Waals surface area contributed by atoms with Crippen molar-refractivity contribution in [3.8, 4) is 0 Å². The van der Waals surface area contributed by atoms with Crippen LogP contribution in [0.4, 0.5) is 0 Å². The van der Waals surface area contributed by atoms with E-state index in [2.05, 4.69) is 4.98 Å². The second-order valence-electron chi connectivity index (χ2n) is 4.29. The van der Waals surface area contributed by atoms with E-state index >= 15 is 0 Å². The molecule has 5 heteroatoms. The minimum Gasteiger partial charge on any atom is -0.481 e. The number of nitrogens with zero attached hydrogens (tertiary/aromatic N) is 1. The Labute approximate surface area is 102 Å². The molecule has 0 spiro atoms. The molecule has 0 bridgehead atoms. The highest BCUT2D eigenvalue weighted by Gasteiger charge is 2.34. The number of fused-ring (bicyclic) bond motifs is 1. The van der Waals surface area contributed by atoms with Crippen LogP contribution in [-0.2, 0) is 11.2 Å². The molecule has 1 N–H and O–H groups in total. The van der Waals surface area contributed by atoms with Crippen molar-refractivity contribution in [3.63, 3.8) is 0 Å². The number of hydrogen-bond donors (Lipinski definition) is 1. The summed E-state index contributed by atoms with van der Waals surface area (Å²) >= 11 is 3.71. The zero-order valence-corrected chi connectivity index (χ0v) is 10.4. The van der Waals surface area contributed by atoms with Crippen LogP contribution in [-0.4, -0.2) is 21.8 Å². The molecule has 86 valence electrons. The monoisotopic (exact) mass is 255 g/mol. The zero-order valence-electron chi connectivity index (χ0n) is 8.81. The van der Waals surface area contributed by atoms with Crippen LogP contribution in [0.3, 0.4) is 0 Å². The molecule has 2 unspecified atom stereocenters. The molecule has 1 aromatic heterocycles. The maximum atomic E-state index is 11.1. The predicted octanol–water partition coefficient (Wildman–Crippen LogP) is 2.83. The van der Waals surface area contributed by atoms with E-state index in [1.165, 1.54) is 28.5 Å². The summed E-state index contributed by atoms with van der Waals surface area (Å²) in [4.78, 5) is 16.9. The van der Waals surface area contributed by atoms with Crippen molar-refractivity contribution >= 4 is 29.1 Å². The SMILES string of the molecule is O=C(O)C1CCc2sc(C3CCCS3)nc21. The summed E-state index contributed by atoms with van der Waals surface area (Å²) < 4.78 is 0. The zero-order chi connectivity index (χ0) is 11.1. The summed E-state index contributed by atoms with van der Waals surface area (Å²) in [5, 5.41) is 10.8. The van der Waals surface area contributed by atoms with Gasteiger partial charge in [-0.05, 0) is 31.4 Å². The first-order valence-electron chi connectivity index (χ1n) is 5.59. The Kier molecular flexibility index (Phi) is 2.67. The molecular formula is C11H13NO2S2. The predicted molar refractivity (Wildman–Crippen MR) is 65.2 cm³/mol. The smallest absolute Gasteiger partial charge is 0.312 e. The Morgan fingerprint density at radius 3 is 3.00 bits per heavy atom. The van der Waals surface area contributed by atoms with Crippen molar-refractivity contribution in [1.29, 1.82) is 0 Å². The van der Waals surface area contributed by atoms with Crippen molar-refractivity contribution in [3.05, 3.63) is 15.6 Å². The normalized spacial score (nSPS) is 28.2. The van der Waals surface area contributed by atoms with E-state index in [1.807, 2.05) is 11.8 Å².